The third kappa shape index (κ3) is 2.09. The maximum atomic E-state index is 12.5. The summed E-state index contributed by atoms with van der Waals surface area (Å²) in [6, 6.07) is 5.73. The van der Waals surface area contributed by atoms with Crippen LogP contribution in [0.5, 0.6) is 0 Å². The molecule has 98 valence electrons. The van der Waals surface area contributed by atoms with Crippen molar-refractivity contribution in [1.29, 1.82) is 0 Å². The van der Waals surface area contributed by atoms with E-state index in [4.69, 9.17) is 4.98 Å². The van der Waals surface area contributed by atoms with E-state index in [0.717, 1.165) is 42.7 Å². The van der Waals surface area contributed by atoms with Gasteiger partial charge in [-0.3, -0.25) is 9.36 Å². The van der Waals surface area contributed by atoms with Crippen molar-refractivity contribution in [2.75, 3.05) is 0 Å². The average molecular weight is 254 g/mol. The summed E-state index contributed by atoms with van der Waals surface area (Å²) in [5, 5.41) is 0.712. The molecule has 1 aromatic heterocycles. The van der Waals surface area contributed by atoms with Gasteiger partial charge < -0.3 is 0 Å². The van der Waals surface area contributed by atoms with Crippen molar-refractivity contribution in [1.82, 2.24) is 9.55 Å². The first kappa shape index (κ1) is 12.2. The van der Waals surface area contributed by atoms with Crippen LogP contribution in [-0.4, -0.2) is 9.55 Å². The maximum Gasteiger partial charge on any atom is 0.261 e. The van der Waals surface area contributed by atoms with Crippen molar-refractivity contribution in [2.45, 2.75) is 32.7 Å². The zero-order valence-electron chi connectivity index (χ0n) is 11.2. The molecule has 0 aliphatic carbocycles. The Balaban J connectivity index is 2.24. The molecule has 19 heavy (non-hydrogen) atoms. The van der Waals surface area contributed by atoms with E-state index < -0.39 is 0 Å². The fourth-order valence-electron chi connectivity index (χ4n) is 2.70. The van der Waals surface area contributed by atoms with E-state index in [9.17, 15) is 4.79 Å². The number of aryl methyl sites for hydroxylation is 1. The molecule has 3 rings (SSSR count). The molecule has 0 saturated carbocycles. The summed E-state index contributed by atoms with van der Waals surface area (Å²) in [4.78, 5) is 17.2. The monoisotopic (exact) mass is 254 g/mol. The van der Waals surface area contributed by atoms with Gasteiger partial charge in [-0.15, -0.1) is 0 Å². The highest BCUT2D eigenvalue weighted by molar-refractivity contribution is 5.80. The van der Waals surface area contributed by atoms with Gasteiger partial charge in [0.2, 0.25) is 0 Å². The maximum absolute atomic E-state index is 12.5. The van der Waals surface area contributed by atoms with Gasteiger partial charge in [-0.25, -0.2) is 4.98 Å². The van der Waals surface area contributed by atoms with Crippen molar-refractivity contribution in [3.05, 3.63) is 46.5 Å². The first-order valence-corrected chi connectivity index (χ1v) is 6.85. The molecule has 0 fully saturated rings. The first-order chi connectivity index (χ1) is 9.19. The first-order valence-electron chi connectivity index (χ1n) is 6.85. The zero-order chi connectivity index (χ0) is 13.4. The average Bonchev–Trinajstić information content (AvgIpc) is 2.61. The van der Waals surface area contributed by atoms with E-state index in [2.05, 4.69) is 13.5 Å². The summed E-state index contributed by atoms with van der Waals surface area (Å²) in [6.45, 7) is 6.80. The lowest BCUT2D eigenvalue weighted by Crippen LogP contribution is -2.24. The number of fused-ring (bicyclic) bond motifs is 2. The molecule has 0 bridgehead atoms. The molecular formula is C16H18N2O. The van der Waals surface area contributed by atoms with Crippen LogP contribution < -0.4 is 5.56 Å². The second-order valence-corrected chi connectivity index (χ2v) is 5.40. The quantitative estimate of drug-likeness (QED) is 0.784. The topological polar surface area (TPSA) is 34.9 Å². The van der Waals surface area contributed by atoms with Crippen molar-refractivity contribution in [3.8, 4) is 0 Å². The fourth-order valence-corrected chi connectivity index (χ4v) is 2.70. The zero-order valence-corrected chi connectivity index (χ0v) is 11.2. The van der Waals surface area contributed by atoms with Crippen LogP contribution in [0.1, 0.15) is 31.2 Å². The number of rotatable bonds is 1. The number of hydrogen-bond acceptors (Lipinski definition) is 2. The number of nitrogens with zero attached hydrogens (tertiary/aromatic N) is 2. The Morgan fingerprint density at radius 3 is 3.05 bits per heavy atom. The fraction of sp³-hybridized carbons (Fsp3) is 0.375. The molecule has 0 amide bonds. The van der Waals surface area contributed by atoms with Crippen LogP contribution in [0.15, 0.2) is 29.6 Å². The lowest BCUT2D eigenvalue weighted by molar-refractivity contribution is 0.484. The highest BCUT2D eigenvalue weighted by Crippen LogP contribution is 2.19. The highest BCUT2D eigenvalue weighted by atomic mass is 16.1. The SMILES string of the molecule is C=Cc1ccc2c(=O)n3c(nc2c1)CCC(C)CC3. The van der Waals surface area contributed by atoms with Crippen LogP contribution in [0.2, 0.25) is 0 Å². The Hall–Kier alpha value is -1.90. The summed E-state index contributed by atoms with van der Waals surface area (Å²) in [6.07, 6.45) is 4.85. The van der Waals surface area contributed by atoms with Gasteiger partial charge in [-0.1, -0.05) is 25.6 Å². The Morgan fingerprint density at radius 2 is 2.26 bits per heavy atom. The molecule has 2 heterocycles. The molecule has 0 N–H and O–H groups in total. The minimum Gasteiger partial charge on any atom is -0.296 e. The normalized spacial score (nSPS) is 18.9. The minimum absolute atomic E-state index is 0.102. The van der Waals surface area contributed by atoms with Gasteiger partial charge in [-0.2, -0.15) is 0 Å². The van der Waals surface area contributed by atoms with Crippen LogP contribution in [-0.2, 0) is 13.0 Å². The van der Waals surface area contributed by atoms with Crippen molar-refractivity contribution in [3.63, 3.8) is 0 Å². The second kappa shape index (κ2) is 4.65. The Kier molecular flexibility index (Phi) is 2.97. The van der Waals surface area contributed by atoms with E-state index in [1.54, 1.807) is 6.08 Å². The minimum atomic E-state index is 0.102. The van der Waals surface area contributed by atoms with Gasteiger partial charge in [0.1, 0.15) is 5.82 Å². The molecule has 1 aliphatic heterocycles. The molecule has 3 nitrogen and oxygen atoms in total. The molecule has 2 aromatic rings. The van der Waals surface area contributed by atoms with Crippen molar-refractivity contribution >= 4 is 17.0 Å². The smallest absolute Gasteiger partial charge is 0.261 e. The Morgan fingerprint density at radius 1 is 1.42 bits per heavy atom. The van der Waals surface area contributed by atoms with Crippen molar-refractivity contribution in [2.24, 2.45) is 5.92 Å². The van der Waals surface area contributed by atoms with Gasteiger partial charge in [-0.05, 0) is 36.5 Å². The largest absolute Gasteiger partial charge is 0.296 e. The predicted molar refractivity (Wildman–Crippen MR) is 78.2 cm³/mol. The van der Waals surface area contributed by atoms with E-state index in [-0.39, 0.29) is 5.56 Å². The molecule has 0 radical (unpaired) electrons. The lowest BCUT2D eigenvalue weighted by Gasteiger charge is -2.10. The van der Waals surface area contributed by atoms with E-state index in [0.29, 0.717) is 11.3 Å². The summed E-state index contributed by atoms with van der Waals surface area (Å²) in [5.41, 5.74) is 1.90. The van der Waals surface area contributed by atoms with Crippen LogP contribution in [0.4, 0.5) is 0 Å². The van der Waals surface area contributed by atoms with Gasteiger partial charge in [0.05, 0.1) is 10.9 Å². The van der Waals surface area contributed by atoms with E-state index in [1.807, 2.05) is 22.8 Å². The number of aromatic nitrogens is 2. The van der Waals surface area contributed by atoms with E-state index in [1.165, 1.54) is 0 Å². The Bertz CT molecular complexity index is 700. The second-order valence-electron chi connectivity index (χ2n) is 5.40. The van der Waals surface area contributed by atoms with Gasteiger partial charge in [0.25, 0.3) is 5.56 Å². The molecule has 1 unspecified atom stereocenters. The molecule has 0 saturated heterocycles. The van der Waals surface area contributed by atoms with Crippen LogP contribution in [0, 0.1) is 5.92 Å². The molecule has 3 heteroatoms. The van der Waals surface area contributed by atoms with Crippen LogP contribution in [0.25, 0.3) is 17.0 Å². The number of benzene rings is 1. The van der Waals surface area contributed by atoms with Crippen LogP contribution in [0.3, 0.4) is 0 Å². The number of hydrogen-bond donors (Lipinski definition) is 0. The van der Waals surface area contributed by atoms with Crippen LogP contribution >= 0.6 is 0 Å². The molecule has 1 aromatic carbocycles. The Labute approximate surface area is 112 Å². The van der Waals surface area contributed by atoms with Gasteiger partial charge in [0.15, 0.2) is 0 Å². The lowest BCUT2D eigenvalue weighted by atomic mass is 10.0. The molecule has 1 aliphatic rings. The molecular weight excluding hydrogens is 236 g/mol. The summed E-state index contributed by atoms with van der Waals surface area (Å²) >= 11 is 0. The molecule has 1 atom stereocenters. The van der Waals surface area contributed by atoms with Gasteiger partial charge in [0, 0.05) is 13.0 Å². The summed E-state index contributed by atoms with van der Waals surface area (Å²) < 4.78 is 1.86. The highest BCUT2D eigenvalue weighted by Gasteiger charge is 2.16. The summed E-state index contributed by atoms with van der Waals surface area (Å²) in [7, 11) is 0. The predicted octanol–water partition coefficient (Wildman–Crippen LogP) is 3.01. The van der Waals surface area contributed by atoms with Crippen molar-refractivity contribution < 1.29 is 0 Å². The third-order valence-corrected chi connectivity index (χ3v) is 4.00. The summed E-state index contributed by atoms with van der Waals surface area (Å²) in [5.74, 6) is 1.59. The standard InChI is InChI=1S/C16H18N2O/c1-3-12-5-6-13-14(10-12)17-15-7-4-11(2)8-9-18(15)16(13)19/h3,5-6,10-11H,1,4,7-9H2,2H3. The van der Waals surface area contributed by atoms with Gasteiger partial charge >= 0.3 is 0 Å². The third-order valence-electron chi connectivity index (χ3n) is 4.00. The molecule has 0 spiro atoms. The van der Waals surface area contributed by atoms with E-state index >= 15 is 0 Å².